The van der Waals surface area contributed by atoms with Gasteiger partial charge in [0.25, 0.3) is 5.56 Å². The van der Waals surface area contributed by atoms with Crippen LogP contribution in [-0.4, -0.2) is 9.55 Å². The number of aryl methyl sites for hydroxylation is 2. The van der Waals surface area contributed by atoms with E-state index >= 15 is 0 Å². The highest BCUT2D eigenvalue weighted by Crippen LogP contribution is 2.07. The molecule has 3 nitrogen and oxygen atoms in total. The van der Waals surface area contributed by atoms with E-state index in [-0.39, 0.29) is 5.56 Å². The van der Waals surface area contributed by atoms with Gasteiger partial charge < -0.3 is 0 Å². The molecule has 0 saturated carbocycles. The molecule has 0 spiro atoms. The highest BCUT2D eigenvalue weighted by Gasteiger charge is 2.05. The summed E-state index contributed by atoms with van der Waals surface area (Å²) in [6.07, 6.45) is 1.55. The summed E-state index contributed by atoms with van der Waals surface area (Å²) < 4.78 is 2.16. The predicted octanol–water partition coefficient (Wildman–Crippen LogP) is 2.67. The molecular formula is C13H13BrN2O. The molecule has 0 aliphatic rings. The highest BCUT2D eigenvalue weighted by molar-refractivity contribution is 9.10. The van der Waals surface area contributed by atoms with Gasteiger partial charge in [-0.15, -0.1) is 0 Å². The zero-order chi connectivity index (χ0) is 12.4. The first-order valence-corrected chi connectivity index (χ1v) is 6.14. The second-order valence-corrected chi connectivity index (χ2v) is 4.89. The quantitative estimate of drug-likeness (QED) is 0.853. The van der Waals surface area contributed by atoms with Crippen molar-refractivity contribution in [2.24, 2.45) is 0 Å². The van der Waals surface area contributed by atoms with E-state index in [4.69, 9.17) is 0 Å². The van der Waals surface area contributed by atoms with Gasteiger partial charge in [0.05, 0.1) is 6.54 Å². The van der Waals surface area contributed by atoms with E-state index in [1.807, 2.05) is 32.0 Å². The van der Waals surface area contributed by atoms with Gasteiger partial charge in [-0.3, -0.25) is 9.36 Å². The van der Waals surface area contributed by atoms with Crippen LogP contribution < -0.4 is 5.56 Å². The fourth-order valence-corrected chi connectivity index (χ4v) is 2.05. The van der Waals surface area contributed by atoms with E-state index in [1.54, 1.807) is 10.8 Å². The molecule has 0 fully saturated rings. The van der Waals surface area contributed by atoms with Crippen molar-refractivity contribution in [3.8, 4) is 0 Å². The molecule has 2 aromatic rings. The second-order valence-electron chi connectivity index (χ2n) is 4.03. The zero-order valence-electron chi connectivity index (χ0n) is 9.77. The van der Waals surface area contributed by atoms with Crippen molar-refractivity contribution in [3.63, 3.8) is 0 Å². The Bertz CT molecular complexity index is 605. The summed E-state index contributed by atoms with van der Waals surface area (Å²) >= 11 is 3.21. The second kappa shape index (κ2) is 4.84. The van der Waals surface area contributed by atoms with Crippen LogP contribution in [0.2, 0.25) is 0 Å². The fourth-order valence-electron chi connectivity index (χ4n) is 1.73. The van der Waals surface area contributed by atoms with Gasteiger partial charge in [-0.2, -0.15) is 0 Å². The van der Waals surface area contributed by atoms with Crippen molar-refractivity contribution in [2.75, 3.05) is 0 Å². The Morgan fingerprint density at radius 2 is 2.12 bits per heavy atom. The van der Waals surface area contributed by atoms with Crippen LogP contribution >= 0.6 is 15.9 Å². The molecule has 2 rings (SSSR count). The summed E-state index contributed by atoms with van der Waals surface area (Å²) in [4.78, 5) is 16.1. The lowest BCUT2D eigenvalue weighted by atomic mass is 10.1. The Balaban J connectivity index is 2.43. The zero-order valence-corrected chi connectivity index (χ0v) is 11.4. The molecule has 1 heterocycles. The third kappa shape index (κ3) is 2.64. The smallest absolute Gasteiger partial charge is 0.268 e. The summed E-state index contributed by atoms with van der Waals surface area (Å²) in [7, 11) is 0. The van der Waals surface area contributed by atoms with E-state index in [2.05, 4.69) is 27.0 Å². The minimum Gasteiger partial charge on any atom is -0.291 e. The number of hydrogen-bond donors (Lipinski definition) is 0. The molecule has 1 aromatic heterocycles. The molecule has 0 aliphatic carbocycles. The van der Waals surface area contributed by atoms with Crippen LogP contribution in [0, 0.1) is 13.8 Å². The van der Waals surface area contributed by atoms with Gasteiger partial charge >= 0.3 is 0 Å². The number of halogens is 1. The minimum atomic E-state index is -0.0426. The first kappa shape index (κ1) is 12.0. The summed E-state index contributed by atoms with van der Waals surface area (Å²) in [5, 5.41) is 0. The summed E-state index contributed by atoms with van der Waals surface area (Å²) in [6, 6.07) is 8.13. The maximum absolute atomic E-state index is 12.0. The molecule has 0 bridgehead atoms. The molecule has 0 amide bonds. The van der Waals surface area contributed by atoms with Gasteiger partial charge in [0.1, 0.15) is 10.3 Å². The Hall–Kier alpha value is -1.42. The average Bonchev–Trinajstić information content (AvgIpc) is 2.30. The van der Waals surface area contributed by atoms with Gasteiger partial charge in [0, 0.05) is 6.20 Å². The number of benzene rings is 1. The number of rotatable bonds is 2. The van der Waals surface area contributed by atoms with Gasteiger partial charge in [-0.05, 0) is 35.3 Å². The van der Waals surface area contributed by atoms with E-state index in [0.717, 1.165) is 11.4 Å². The first-order valence-electron chi connectivity index (χ1n) is 5.35. The van der Waals surface area contributed by atoms with Crippen LogP contribution in [0.1, 0.15) is 17.0 Å². The number of aromatic nitrogens is 2. The molecule has 0 saturated heterocycles. The molecular weight excluding hydrogens is 280 g/mol. The Kier molecular flexibility index (Phi) is 3.43. The average molecular weight is 293 g/mol. The molecule has 0 N–H and O–H groups in total. The molecule has 0 unspecified atom stereocenters. The van der Waals surface area contributed by atoms with Crippen molar-refractivity contribution in [1.29, 1.82) is 0 Å². The standard InChI is InChI=1S/C13H13BrN2O/c1-9-4-3-5-11(6-9)8-16-10(2)15-7-12(14)13(16)17/h3-7H,8H2,1-2H3. The van der Waals surface area contributed by atoms with Crippen LogP contribution in [-0.2, 0) is 6.54 Å². The van der Waals surface area contributed by atoms with Crippen molar-refractivity contribution in [3.05, 3.63) is 62.2 Å². The van der Waals surface area contributed by atoms with E-state index in [1.165, 1.54) is 5.56 Å². The van der Waals surface area contributed by atoms with Crippen molar-refractivity contribution in [2.45, 2.75) is 20.4 Å². The molecule has 0 radical (unpaired) electrons. The SMILES string of the molecule is Cc1cccc(Cn2c(C)ncc(Br)c2=O)c1. The van der Waals surface area contributed by atoms with Crippen molar-refractivity contribution in [1.82, 2.24) is 9.55 Å². The van der Waals surface area contributed by atoms with E-state index < -0.39 is 0 Å². The molecule has 4 heteroatoms. The lowest BCUT2D eigenvalue weighted by molar-refractivity contribution is 0.695. The largest absolute Gasteiger partial charge is 0.291 e. The maximum atomic E-state index is 12.0. The Morgan fingerprint density at radius 1 is 1.35 bits per heavy atom. The van der Waals surface area contributed by atoms with Gasteiger partial charge in [0.15, 0.2) is 0 Å². The minimum absolute atomic E-state index is 0.0426. The van der Waals surface area contributed by atoms with Crippen LogP contribution in [0.3, 0.4) is 0 Å². The molecule has 88 valence electrons. The third-order valence-electron chi connectivity index (χ3n) is 2.63. The van der Waals surface area contributed by atoms with Crippen molar-refractivity contribution >= 4 is 15.9 Å². The van der Waals surface area contributed by atoms with Gasteiger partial charge in [-0.25, -0.2) is 4.98 Å². The Labute approximate surface area is 108 Å². The van der Waals surface area contributed by atoms with Gasteiger partial charge in [0.2, 0.25) is 0 Å². The first-order chi connectivity index (χ1) is 8.08. The maximum Gasteiger partial charge on any atom is 0.268 e. The van der Waals surface area contributed by atoms with Crippen LogP contribution in [0.15, 0.2) is 39.7 Å². The predicted molar refractivity (Wildman–Crippen MR) is 71.2 cm³/mol. The molecule has 0 atom stereocenters. The fraction of sp³-hybridized carbons (Fsp3) is 0.231. The number of nitrogens with zero attached hydrogens (tertiary/aromatic N) is 2. The Morgan fingerprint density at radius 3 is 2.82 bits per heavy atom. The monoisotopic (exact) mass is 292 g/mol. The normalized spacial score (nSPS) is 10.5. The third-order valence-corrected chi connectivity index (χ3v) is 3.17. The van der Waals surface area contributed by atoms with Crippen LogP contribution in [0.5, 0.6) is 0 Å². The molecule has 1 aromatic carbocycles. The molecule has 0 aliphatic heterocycles. The van der Waals surface area contributed by atoms with Crippen molar-refractivity contribution < 1.29 is 0 Å². The van der Waals surface area contributed by atoms with E-state index in [9.17, 15) is 4.79 Å². The highest BCUT2D eigenvalue weighted by atomic mass is 79.9. The van der Waals surface area contributed by atoms with Crippen LogP contribution in [0.4, 0.5) is 0 Å². The van der Waals surface area contributed by atoms with Gasteiger partial charge in [-0.1, -0.05) is 29.8 Å². The van der Waals surface area contributed by atoms with Crippen LogP contribution in [0.25, 0.3) is 0 Å². The lowest BCUT2D eigenvalue weighted by Gasteiger charge is -2.09. The summed E-state index contributed by atoms with van der Waals surface area (Å²) in [6.45, 7) is 4.43. The number of hydrogen-bond acceptors (Lipinski definition) is 2. The lowest BCUT2D eigenvalue weighted by Crippen LogP contribution is -2.24. The summed E-state index contributed by atoms with van der Waals surface area (Å²) in [5.41, 5.74) is 2.25. The van der Waals surface area contributed by atoms with E-state index in [0.29, 0.717) is 11.0 Å². The molecule has 17 heavy (non-hydrogen) atoms. The topological polar surface area (TPSA) is 34.9 Å². The summed E-state index contributed by atoms with van der Waals surface area (Å²) in [5.74, 6) is 0.722.